The molecular weight excluding hydrogens is 619 g/mol. The molecule has 1 aromatic heterocycles. The molecule has 15 heteroatoms. The summed E-state index contributed by atoms with van der Waals surface area (Å²) < 4.78 is 70.3. The van der Waals surface area contributed by atoms with Gasteiger partial charge in [-0.3, -0.25) is 15.3 Å². The maximum Gasteiger partial charge on any atom is 0.490 e. The van der Waals surface area contributed by atoms with Gasteiger partial charge in [-0.25, -0.2) is 18.2 Å². The van der Waals surface area contributed by atoms with Gasteiger partial charge in [0.2, 0.25) is 5.91 Å². The summed E-state index contributed by atoms with van der Waals surface area (Å²) >= 11 is 1.18. The van der Waals surface area contributed by atoms with Crippen LogP contribution in [0.2, 0.25) is 0 Å². The second-order valence-electron chi connectivity index (χ2n) is 9.98. The summed E-state index contributed by atoms with van der Waals surface area (Å²) in [7, 11) is -0.165. The number of unbranched alkanes of at least 4 members (excludes halogenated alkanes) is 1. The van der Waals surface area contributed by atoms with Crippen molar-refractivity contribution in [1.29, 1.82) is 0 Å². The number of carbonyl (C=O) groups excluding carboxylic acids is 2. The molecule has 0 spiro atoms. The van der Waals surface area contributed by atoms with Gasteiger partial charge in [0.1, 0.15) is 0 Å². The number of ether oxygens (including phenoxy) is 1. The number of fused-ring (bicyclic) bond motifs is 1. The van der Waals surface area contributed by atoms with Gasteiger partial charge in [-0.05, 0) is 43.5 Å². The molecule has 0 aliphatic carbocycles. The smallest absolute Gasteiger partial charge is 0.440 e. The van der Waals surface area contributed by atoms with E-state index in [2.05, 4.69) is 19.8 Å². The lowest BCUT2D eigenvalue weighted by Gasteiger charge is -2.17. The van der Waals surface area contributed by atoms with Crippen LogP contribution in [-0.2, 0) is 24.3 Å². The number of nitrogens with zero attached hydrogens (tertiary/aromatic N) is 2. The molecule has 1 amide bonds. The molecule has 0 aliphatic heterocycles. The Kier molecular flexibility index (Phi) is 10.1. The average molecular weight is 650 g/mol. The fourth-order valence-electron chi connectivity index (χ4n) is 4.38. The molecule has 3 aromatic carbocycles. The number of halogens is 3. The number of nitrogens with one attached hydrogen (secondary N) is 2. The summed E-state index contributed by atoms with van der Waals surface area (Å²) in [4.78, 5) is 29.6. The summed E-state index contributed by atoms with van der Waals surface area (Å²) in [5, 5.41) is 6.10. The Bertz CT molecular complexity index is 1760. The van der Waals surface area contributed by atoms with Crippen molar-refractivity contribution < 1.29 is 35.9 Å². The lowest BCUT2D eigenvalue weighted by atomic mass is 10.1. The molecule has 0 radical (unpaired) electrons. The zero-order valence-electron chi connectivity index (χ0n) is 23.7. The second-order valence-corrected chi connectivity index (χ2v) is 12.5. The fraction of sp³-hybridized carbons (Fsp3) is 0.276. The summed E-state index contributed by atoms with van der Waals surface area (Å²) in [6, 6.07) is 17.3. The van der Waals surface area contributed by atoms with Crippen LogP contribution in [0.1, 0.15) is 25.7 Å². The quantitative estimate of drug-likeness (QED) is 0.101. The number of aromatic nitrogens is 1. The number of sulfonamides is 1. The number of amides is 1. The number of nitrogens with two attached hydrogens (primary N) is 1. The first-order valence-corrected chi connectivity index (χ1v) is 15.7. The number of carbonyl (C=O) groups is 2. The Morgan fingerprint density at radius 1 is 1.05 bits per heavy atom. The van der Waals surface area contributed by atoms with Gasteiger partial charge in [-0.15, -0.1) is 11.3 Å². The molecule has 44 heavy (non-hydrogen) atoms. The minimum absolute atomic E-state index is 0.0335. The summed E-state index contributed by atoms with van der Waals surface area (Å²) in [6.45, 7) is 0. The van der Waals surface area contributed by atoms with Crippen molar-refractivity contribution in [3.8, 4) is 11.3 Å². The maximum absolute atomic E-state index is 13.4. The summed E-state index contributed by atoms with van der Waals surface area (Å²) in [5.74, 6) is -2.71. The van der Waals surface area contributed by atoms with Crippen molar-refractivity contribution in [2.24, 2.45) is 5.73 Å². The predicted molar refractivity (Wildman–Crippen MR) is 164 cm³/mol. The van der Waals surface area contributed by atoms with Crippen molar-refractivity contribution in [2.75, 3.05) is 29.0 Å². The van der Waals surface area contributed by atoms with Crippen molar-refractivity contribution in [1.82, 2.24) is 4.98 Å². The number of anilines is 3. The highest BCUT2D eigenvalue weighted by atomic mass is 32.2. The van der Waals surface area contributed by atoms with Crippen LogP contribution in [0, 0.1) is 0 Å². The van der Waals surface area contributed by atoms with Gasteiger partial charge in [-0.1, -0.05) is 36.4 Å². The average Bonchev–Trinajstić information content (AvgIpc) is 3.42. The van der Waals surface area contributed by atoms with Crippen molar-refractivity contribution in [3.63, 3.8) is 0 Å². The molecule has 0 bridgehead atoms. The van der Waals surface area contributed by atoms with E-state index >= 15 is 0 Å². The predicted octanol–water partition coefficient (Wildman–Crippen LogP) is 5.72. The third-order valence-electron chi connectivity index (χ3n) is 6.42. The van der Waals surface area contributed by atoms with E-state index in [0.29, 0.717) is 33.9 Å². The third kappa shape index (κ3) is 8.24. The van der Waals surface area contributed by atoms with Gasteiger partial charge < -0.3 is 15.0 Å². The molecule has 4 N–H and O–H groups in total. The first-order valence-electron chi connectivity index (χ1n) is 13.4. The van der Waals surface area contributed by atoms with E-state index < -0.39 is 28.4 Å². The maximum atomic E-state index is 13.4. The SMILES string of the molecule is CN(C)c1cccc2c(S(=O)(=O)Nc3cccc(-c4csc(NC(=O)CCCCC(N)OC(=O)C(F)(F)F)n4)c3)cccc12. The van der Waals surface area contributed by atoms with Crippen LogP contribution >= 0.6 is 11.3 Å². The van der Waals surface area contributed by atoms with Crippen LogP contribution in [0.4, 0.5) is 29.7 Å². The summed E-state index contributed by atoms with van der Waals surface area (Å²) in [5.41, 5.74) is 7.76. The van der Waals surface area contributed by atoms with E-state index in [1.165, 1.54) is 11.3 Å². The highest BCUT2D eigenvalue weighted by Gasteiger charge is 2.41. The first-order chi connectivity index (χ1) is 20.7. The number of alkyl halides is 3. The van der Waals surface area contributed by atoms with Crippen molar-refractivity contribution >= 4 is 60.5 Å². The molecule has 4 aromatic rings. The number of hydrogen-bond acceptors (Lipinski definition) is 9. The van der Waals surface area contributed by atoms with Crippen LogP contribution < -0.4 is 20.7 Å². The monoisotopic (exact) mass is 649 g/mol. The van der Waals surface area contributed by atoms with Crippen molar-refractivity contribution in [3.05, 3.63) is 66.0 Å². The molecule has 1 heterocycles. The number of rotatable bonds is 12. The number of thiazole rings is 1. The molecule has 0 aliphatic rings. The van der Waals surface area contributed by atoms with E-state index in [0.717, 1.165) is 11.1 Å². The van der Waals surface area contributed by atoms with Gasteiger partial charge in [0, 0.05) is 53.6 Å². The van der Waals surface area contributed by atoms with Crippen molar-refractivity contribution in [2.45, 2.75) is 43.0 Å². The van der Waals surface area contributed by atoms with Crippen LogP contribution in [0.15, 0.2) is 70.9 Å². The first kappa shape index (κ1) is 32.7. The van der Waals surface area contributed by atoms with Gasteiger partial charge in [0.15, 0.2) is 11.4 Å². The van der Waals surface area contributed by atoms with E-state index in [-0.39, 0.29) is 30.1 Å². The molecule has 10 nitrogen and oxygen atoms in total. The third-order valence-corrected chi connectivity index (χ3v) is 8.62. The number of esters is 1. The van der Waals surface area contributed by atoms with Crippen LogP contribution in [0.25, 0.3) is 22.0 Å². The zero-order chi connectivity index (χ0) is 32.1. The normalized spacial score (nSPS) is 12.5. The minimum Gasteiger partial charge on any atom is -0.440 e. The Balaban J connectivity index is 1.36. The number of benzene rings is 3. The standard InChI is InChI=1S/C29H30F3N5O5S2/c1-37(2)23-12-6-11-21-20(23)10-7-13-24(21)44(40,41)36-19-9-5-8-18(16-19)22-17-43-28(34-22)35-26(38)15-4-3-14-25(33)42-27(39)29(30,31)32/h5-13,16-17,25,36H,3-4,14-15,33H2,1-2H3,(H,34,35,38). The minimum atomic E-state index is -5.12. The van der Waals surface area contributed by atoms with Gasteiger partial charge in [0.05, 0.1) is 10.6 Å². The van der Waals surface area contributed by atoms with E-state index in [4.69, 9.17) is 5.73 Å². The molecule has 0 saturated carbocycles. The lowest BCUT2D eigenvalue weighted by molar-refractivity contribution is -0.204. The topological polar surface area (TPSA) is 144 Å². The van der Waals surface area contributed by atoms with Gasteiger partial charge >= 0.3 is 12.1 Å². The molecule has 0 fully saturated rings. The van der Waals surface area contributed by atoms with E-state index in [1.54, 1.807) is 47.8 Å². The highest BCUT2D eigenvalue weighted by molar-refractivity contribution is 7.93. The zero-order valence-corrected chi connectivity index (χ0v) is 25.4. The van der Waals surface area contributed by atoms with Gasteiger partial charge in [0.25, 0.3) is 10.0 Å². The lowest BCUT2D eigenvalue weighted by Crippen LogP contribution is -2.34. The summed E-state index contributed by atoms with van der Waals surface area (Å²) in [6.07, 6.45) is -5.95. The second kappa shape index (κ2) is 13.6. The van der Waals surface area contributed by atoms with E-state index in [9.17, 15) is 31.2 Å². The van der Waals surface area contributed by atoms with Gasteiger partial charge in [-0.2, -0.15) is 13.2 Å². The molecule has 1 unspecified atom stereocenters. The Labute approximate surface area is 256 Å². The fourth-order valence-corrected chi connectivity index (χ4v) is 6.39. The Morgan fingerprint density at radius 2 is 1.75 bits per heavy atom. The Morgan fingerprint density at radius 3 is 2.48 bits per heavy atom. The van der Waals surface area contributed by atoms with Crippen LogP contribution in [-0.4, -0.2) is 51.8 Å². The van der Waals surface area contributed by atoms with Crippen LogP contribution in [0.5, 0.6) is 0 Å². The van der Waals surface area contributed by atoms with Crippen LogP contribution in [0.3, 0.4) is 0 Å². The molecule has 1 atom stereocenters. The molecular formula is C29H30F3N5O5S2. The number of hydrogen-bond donors (Lipinski definition) is 3. The highest BCUT2D eigenvalue weighted by Crippen LogP contribution is 2.32. The molecule has 4 rings (SSSR count). The van der Waals surface area contributed by atoms with E-state index in [1.807, 2.05) is 37.2 Å². The Hall–Kier alpha value is -4.21. The molecule has 234 valence electrons. The molecule has 0 saturated heterocycles. The largest absolute Gasteiger partial charge is 0.490 e.